The normalized spacial score (nSPS) is 10.5. The second-order valence-corrected chi connectivity index (χ2v) is 3.42. The molecule has 0 bridgehead atoms. The number of hydrogen-bond acceptors (Lipinski definition) is 3. The Morgan fingerprint density at radius 1 is 1.38 bits per heavy atom. The molecule has 3 nitrogen and oxygen atoms in total. The predicted molar refractivity (Wildman–Crippen MR) is 50.2 cm³/mol. The molecule has 0 fully saturated rings. The van der Waals surface area contributed by atoms with Crippen LogP contribution in [0.1, 0.15) is 30.9 Å². The second kappa shape index (κ2) is 3.56. The Balaban J connectivity index is 3.30. The molecular weight excluding hydrogens is 166 g/mol. The van der Waals surface area contributed by atoms with Gasteiger partial charge < -0.3 is 5.11 Å². The fraction of sp³-hybridized carbons (Fsp3) is 0.400. The van der Waals surface area contributed by atoms with Crippen molar-refractivity contribution in [1.82, 2.24) is 0 Å². The molecule has 70 valence electrons. The van der Waals surface area contributed by atoms with E-state index in [1.807, 2.05) is 13.8 Å². The van der Waals surface area contributed by atoms with Crippen LogP contribution in [-0.2, 0) is 0 Å². The lowest BCUT2D eigenvalue weighted by Gasteiger charge is -2.17. The van der Waals surface area contributed by atoms with Crippen LogP contribution in [0.3, 0.4) is 0 Å². The first-order valence-electron chi connectivity index (χ1n) is 4.21. The minimum absolute atomic E-state index is 0.0140. The van der Waals surface area contributed by atoms with E-state index >= 15 is 0 Å². The monoisotopic (exact) mass is 178 g/mol. The molecule has 1 rings (SSSR count). The standard InChI is InChI=1S/C10H13NO2/c1-6(2)8-5-9(11-13)7(3)4-10(8)12/h4-6,12H,1-3H3/p-1. The van der Waals surface area contributed by atoms with Crippen LogP contribution < -0.4 is 5.11 Å². The Bertz CT molecular complexity index is 332. The summed E-state index contributed by atoms with van der Waals surface area (Å²) in [5.41, 5.74) is 1.66. The van der Waals surface area contributed by atoms with E-state index in [-0.39, 0.29) is 11.7 Å². The Hall–Kier alpha value is -1.38. The van der Waals surface area contributed by atoms with E-state index in [1.54, 1.807) is 13.0 Å². The van der Waals surface area contributed by atoms with Crippen LogP contribution in [0.25, 0.3) is 0 Å². The number of nitroso groups, excluding NO2 is 1. The van der Waals surface area contributed by atoms with Crippen molar-refractivity contribution >= 4 is 5.69 Å². The van der Waals surface area contributed by atoms with E-state index in [9.17, 15) is 10.0 Å². The predicted octanol–water partition coefficient (Wildman–Crippen LogP) is 2.59. The van der Waals surface area contributed by atoms with Gasteiger partial charge in [0.1, 0.15) is 5.69 Å². The summed E-state index contributed by atoms with van der Waals surface area (Å²) in [5.74, 6) is 0.119. The second-order valence-electron chi connectivity index (χ2n) is 3.42. The minimum Gasteiger partial charge on any atom is -0.872 e. The summed E-state index contributed by atoms with van der Waals surface area (Å²) in [7, 11) is 0. The third kappa shape index (κ3) is 1.86. The summed E-state index contributed by atoms with van der Waals surface area (Å²) in [5, 5.41) is 14.3. The van der Waals surface area contributed by atoms with Gasteiger partial charge in [0.25, 0.3) is 0 Å². The van der Waals surface area contributed by atoms with Crippen molar-refractivity contribution in [2.45, 2.75) is 26.7 Å². The quantitative estimate of drug-likeness (QED) is 0.653. The molecule has 3 heteroatoms. The van der Waals surface area contributed by atoms with Crippen molar-refractivity contribution in [1.29, 1.82) is 0 Å². The zero-order chi connectivity index (χ0) is 10.0. The average Bonchev–Trinajstić information content (AvgIpc) is 2.03. The molecule has 1 aromatic rings. The number of rotatable bonds is 2. The van der Waals surface area contributed by atoms with Crippen molar-refractivity contribution in [3.63, 3.8) is 0 Å². The van der Waals surface area contributed by atoms with Crippen LogP contribution in [0.5, 0.6) is 5.75 Å². The highest BCUT2D eigenvalue weighted by Gasteiger charge is 2.05. The molecule has 0 saturated carbocycles. The van der Waals surface area contributed by atoms with Gasteiger partial charge in [0.05, 0.1) is 0 Å². The third-order valence-electron chi connectivity index (χ3n) is 2.05. The van der Waals surface area contributed by atoms with Crippen molar-refractivity contribution in [3.05, 3.63) is 28.2 Å². The molecule has 0 spiro atoms. The maximum Gasteiger partial charge on any atom is 0.111 e. The van der Waals surface area contributed by atoms with Crippen LogP contribution in [0, 0.1) is 11.8 Å². The van der Waals surface area contributed by atoms with E-state index in [0.717, 1.165) is 0 Å². The van der Waals surface area contributed by atoms with Gasteiger partial charge >= 0.3 is 0 Å². The van der Waals surface area contributed by atoms with Gasteiger partial charge in [-0.25, -0.2) is 0 Å². The summed E-state index contributed by atoms with van der Waals surface area (Å²) < 4.78 is 0. The zero-order valence-corrected chi connectivity index (χ0v) is 8.00. The molecule has 0 aliphatic rings. The molecule has 0 amide bonds. The maximum absolute atomic E-state index is 11.4. The van der Waals surface area contributed by atoms with Gasteiger partial charge in [0, 0.05) is 0 Å². The van der Waals surface area contributed by atoms with Crippen molar-refractivity contribution in [3.8, 4) is 5.75 Å². The summed E-state index contributed by atoms with van der Waals surface area (Å²) >= 11 is 0. The summed E-state index contributed by atoms with van der Waals surface area (Å²) in [6, 6.07) is 3.04. The van der Waals surface area contributed by atoms with Crippen molar-refractivity contribution in [2.24, 2.45) is 5.18 Å². The summed E-state index contributed by atoms with van der Waals surface area (Å²) in [6.07, 6.45) is 0. The fourth-order valence-corrected chi connectivity index (χ4v) is 1.24. The average molecular weight is 178 g/mol. The van der Waals surface area contributed by atoms with Crippen LogP contribution >= 0.6 is 0 Å². The largest absolute Gasteiger partial charge is 0.872 e. The topological polar surface area (TPSA) is 52.5 Å². The van der Waals surface area contributed by atoms with E-state index in [0.29, 0.717) is 16.8 Å². The van der Waals surface area contributed by atoms with E-state index < -0.39 is 0 Å². The van der Waals surface area contributed by atoms with Gasteiger partial charge in [-0.05, 0) is 29.6 Å². The molecule has 0 aliphatic carbocycles. The molecule has 0 radical (unpaired) electrons. The minimum atomic E-state index is -0.0140. The van der Waals surface area contributed by atoms with Gasteiger partial charge in [0.15, 0.2) is 0 Å². The number of aryl methyl sites for hydroxylation is 1. The number of nitrogens with zero attached hydrogens (tertiary/aromatic N) is 1. The van der Waals surface area contributed by atoms with Crippen LogP contribution in [0.15, 0.2) is 17.3 Å². The third-order valence-corrected chi connectivity index (χ3v) is 2.05. The maximum atomic E-state index is 11.4. The SMILES string of the molecule is Cc1cc([O-])c(C(C)C)cc1N=O. The summed E-state index contributed by atoms with van der Waals surface area (Å²) in [4.78, 5) is 10.4. The van der Waals surface area contributed by atoms with Crippen molar-refractivity contribution < 1.29 is 5.11 Å². The van der Waals surface area contributed by atoms with Crippen LogP contribution in [-0.4, -0.2) is 0 Å². The number of benzene rings is 1. The highest BCUT2D eigenvalue weighted by atomic mass is 16.3. The molecular formula is C10H12NO2-. The molecule has 0 atom stereocenters. The van der Waals surface area contributed by atoms with Gasteiger partial charge in [-0.15, -0.1) is 10.7 Å². The Kier molecular flexibility index (Phi) is 2.66. The molecule has 0 saturated heterocycles. The first-order chi connectivity index (χ1) is 6.06. The molecule has 0 aliphatic heterocycles. The van der Waals surface area contributed by atoms with E-state index in [1.165, 1.54) is 6.07 Å². The van der Waals surface area contributed by atoms with E-state index in [2.05, 4.69) is 5.18 Å². The van der Waals surface area contributed by atoms with Gasteiger partial charge in [-0.1, -0.05) is 25.5 Å². The Morgan fingerprint density at radius 3 is 2.46 bits per heavy atom. The number of hydrogen-bond donors (Lipinski definition) is 0. The first kappa shape index (κ1) is 9.71. The van der Waals surface area contributed by atoms with Gasteiger partial charge in [0.2, 0.25) is 0 Å². The lowest BCUT2D eigenvalue weighted by Crippen LogP contribution is -1.99. The van der Waals surface area contributed by atoms with Gasteiger partial charge in [-0.2, -0.15) is 0 Å². The van der Waals surface area contributed by atoms with Crippen molar-refractivity contribution in [2.75, 3.05) is 0 Å². The van der Waals surface area contributed by atoms with E-state index in [4.69, 9.17) is 0 Å². The molecule has 1 aromatic carbocycles. The van der Waals surface area contributed by atoms with Crippen LogP contribution in [0.2, 0.25) is 0 Å². The Morgan fingerprint density at radius 2 is 2.00 bits per heavy atom. The van der Waals surface area contributed by atoms with Crippen LogP contribution in [0.4, 0.5) is 5.69 Å². The molecule has 0 aromatic heterocycles. The smallest absolute Gasteiger partial charge is 0.111 e. The fourth-order valence-electron chi connectivity index (χ4n) is 1.24. The lowest BCUT2D eigenvalue weighted by molar-refractivity contribution is -0.269. The van der Waals surface area contributed by atoms with Gasteiger partial charge in [-0.3, -0.25) is 0 Å². The first-order valence-corrected chi connectivity index (χ1v) is 4.21. The molecule has 0 heterocycles. The zero-order valence-electron chi connectivity index (χ0n) is 8.00. The Labute approximate surface area is 77.4 Å². The highest BCUT2D eigenvalue weighted by Crippen LogP contribution is 2.30. The lowest BCUT2D eigenvalue weighted by atomic mass is 9.99. The molecule has 13 heavy (non-hydrogen) atoms. The highest BCUT2D eigenvalue weighted by molar-refractivity contribution is 5.53. The molecule has 0 unspecified atom stereocenters. The molecule has 0 N–H and O–H groups in total. The summed E-state index contributed by atoms with van der Waals surface area (Å²) in [6.45, 7) is 5.55.